The Kier molecular flexibility index (Phi) is 5.31. The fourth-order valence-electron chi connectivity index (χ4n) is 2.16. The standard InChI is InChI=1S/C14H20ClNO3/c1-17-13-9-10(2-5-16)8-12(15)14(13)19-11-3-6-18-7-4-11/h8-9,11H,2-7,16H2,1H3. The third-order valence-corrected chi connectivity index (χ3v) is 3.46. The summed E-state index contributed by atoms with van der Waals surface area (Å²) in [5.74, 6) is 1.29. The lowest BCUT2D eigenvalue weighted by molar-refractivity contribution is 0.0246. The van der Waals surface area contributed by atoms with E-state index >= 15 is 0 Å². The molecule has 0 atom stereocenters. The minimum atomic E-state index is 0.139. The number of benzene rings is 1. The summed E-state index contributed by atoms with van der Waals surface area (Å²) in [7, 11) is 1.62. The molecule has 0 unspecified atom stereocenters. The van der Waals surface area contributed by atoms with E-state index in [1.165, 1.54) is 0 Å². The molecule has 4 nitrogen and oxygen atoms in total. The maximum atomic E-state index is 6.29. The summed E-state index contributed by atoms with van der Waals surface area (Å²) < 4.78 is 16.7. The zero-order valence-corrected chi connectivity index (χ0v) is 11.9. The monoisotopic (exact) mass is 285 g/mol. The summed E-state index contributed by atoms with van der Waals surface area (Å²) in [5.41, 5.74) is 6.62. The molecule has 1 aromatic rings. The van der Waals surface area contributed by atoms with Gasteiger partial charge in [0.1, 0.15) is 6.10 Å². The first-order valence-corrected chi connectivity index (χ1v) is 6.93. The van der Waals surface area contributed by atoms with Crippen molar-refractivity contribution in [2.24, 2.45) is 5.73 Å². The summed E-state index contributed by atoms with van der Waals surface area (Å²) in [6.07, 6.45) is 2.67. The second kappa shape index (κ2) is 6.98. The Labute approximate surface area is 118 Å². The highest BCUT2D eigenvalue weighted by Gasteiger charge is 2.20. The molecule has 0 aliphatic carbocycles. The van der Waals surface area contributed by atoms with Crippen molar-refractivity contribution in [1.29, 1.82) is 0 Å². The molecular weight excluding hydrogens is 266 g/mol. The number of nitrogens with two attached hydrogens (primary N) is 1. The average Bonchev–Trinajstić information content (AvgIpc) is 2.43. The molecular formula is C14H20ClNO3. The lowest BCUT2D eigenvalue weighted by Gasteiger charge is -2.25. The number of rotatable bonds is 5. The molecule has 19 heavy (non-hydrogen) atoms. The molecule has 2 rings (SSSR count). The Balaban J connectivity index is 2.17. The van der Waals surface area contributed by atoms with Gasteiger partial charge in [-0.15, -0.1) is 0 Å². The van der Waals surface area contributed by atoms with Crippen LogP contribution in [0.1, 0.15) is 18.4 Å². The first-order chi connectivity index (χ1) is 9.24. The smallest absolute Gasteiger partial charge is 0.180 e. The van der Waals surface area contributed by atoms with Gasteiger partial charge in [-0.05, 0) is 30.7 Å². The molecule has 0 amide bonds. The SMILES string of the molecule is COc1cc(CCN)cc(Cl)c1OC1CCOCC1. The predicted octanol–water partition coefficient (Wildman–Crippen LogP) is 2.41. The van der Waals surface area contributed by atoms with Crippen LogP contribution in [0.2, 0.25) is 5.02 Å². The highest BCUT2D eigenvalue weighted by atomic mass is 35.5. The summed E-state index contributed by atoms with van der Waals surface area (Å²) in [6, 6.07) is 3.83. The van der Waals surface area contributed by atoms with Gasteiger partial charge in [0, 0.05) is 12.8 Å². The molecule has 1 saturated heterocycles. The maximum Gasteiger partial charge on any atom is 0.180 e. The van der Waals surface area contributed by atoms with E-state index in [0.29, 0.717) is 23.1 Å². The largest absolute Gasteiger partial charge is 0.493 e. The zero-order chi connectivity index (χ0) is 13.7. The molecule has 1 fully saturated rings. The number of hydrogen-bond donors (Lipinski definition) is 1. The summed E-state index contributed by atoms with van der Waals surface area (Å²) in [5, 5.41) is 0.578. The van der Waals surface area contributed by atoms with E-state index in [0.717, 1.165) is 38.0 Å². The van der Waals surface area contributed by atoms with E-state index < -0.39 is 0 Å². The molecule has 1 heterocycles. The van der Waals surface area contributed by atoms with Crippen LogP contribution in [-0.4, -0.2) is 33.0 Å². The fraction of sp³-hybridized carbons (Fsp3) is 0.571. The van der Waals surface area contributed by atoms with Gasteiger partial charge in [-0.2, -0.15) is 0 Å². The van der Waals surface area contributed by atoms with E-state index in [2.05, 4.69) is 0 Å². The second-order valence-corrected chi connectivity index (χ2v) is 4.98. The Morgan fingerprint density at radius 2 is 2.11 bits per heavy atom. The van der Waals surface area contributed by atoms with Crippen molar-refractivity contribution in [2.45, 2.75) is 25.4 Å². The van der Waals surface area contributed by atoms with Gasteiger partial charge in [-0.25, -0.2) is 0 Å². The Morgan fingerprint density at radius 1 is 1.37 bits per heavy atom. The third kappa shape index (κ3) is 3.75. The minimum absolute atomic E-state index is 0.139. The molecule has 1 aliphatic rings. The van der Waals surface area contributed by atoms with Gasteiger partial charge < -0.3 is 19.9 Å². The molecule has 5 heteroatoms. The zero-order valence-electron chi connectivity index (χ0n) is 11.2. The van der Waals surface area contributed by atoms with Crippen LogP contribution in [0, 0.1) is 0 Å². The van der Waals surface area contributed by atoms with Crippen LogP contribution in [0.15, 0.2) is 12.1 Å². The van der Waals surface area contributed by atoms with Crippen LogP contribution in [0.4, 0.5) is 0 Å². The fourth-order valence-corrected chi connectivity index (χ4v) is 2.44. The number of halogens is 1. The Hall–Kier alpha value is -0.970. The van der Waals surface area contributed by atoms with Gasteiger partial charge >= 0.3 is 0 Å². The predicted molar refractivity (Wildman–Crippen MR) is 75.2 cm³/mol. The Morgan fingerprint density at radius 3 is 2.74 bits per heavy atom. The van der Waals surface area contributed by atoms with Gasteiger partial charge in [0.05, 0.1) is 25.3 Å². The summed E-state index contributed by atoms with van der Waals surface area (Å²) >= 11 is 6.29. The first-order valence-electron chi connectivity index (χ1n) is 6.55. The number of ether oxygens (including phenoxy) is 3. The molecule has 0 saturated carbocycles. The van der Waals surface area contributed by atoms with Crippen molar-refractivity contribution in [3.8, 4) is 11.5 Å². The van der Waals surface area contributed by atoms with Crippen molar-refractivity contribution in [3.63, 3.8) is 0 Å². The normalized spacial score (nSPS) is 16.4. The van der Waals surface area contributed by atoms with Crippen molar-refractivity contribution in [1.82, 2.24) is 0 Å². The molecule has 0 spiro atoms. The molecule has 106 valence electrons. The van der Waals surface area contributed by atoms with E-state index in [1.807, 2.05) is 12.1 Å². The summed E-state index contributed by atoms with van der Waals surface area (Å²) in [4.78, 5) is 0. The van der Waals surface area contributed by atoms with Crippen molar-refractivity contribution >= 4 is 11.6 Å². The quantitative estimate of drug-likeness (QED) is 0.903. The van der Waals surface area contributed by atoms with Crippen LogP contribution >= 0.6 is 11.6 Å². The molecule has 0 aromatic heterocycles. The minimum Gasteiger partial charge on any atom is -0.493 e. The van der Waals surface area contributed by atoms with E-state index in [9.17, 15) is 0 Å². The van der Waals surface area contributed by atoms with Gasteiger partial charge in [0.2, 0.25) is 0 Å². The van der Waals surface area contributed by atoms with E-state index in [-0.39, 0.29) is 6.10 Å². The van der Waals surface area contributed by atoms with Gasteiger partial charge in [-0.3, -0.25) is 0 Å². The van der Waals surface area contributed by atoms with Crippen LogP contribution in [-0.2, 0) is 11.2 Å². The molecule has 1 aliphatic heterocycles. The molecule has 2 N–H and O–H groups in total. The van der Waals surface area contributed by atoms with Crippen molar-refractivity contribution in [3.05, 3.63) is 22.7 Å². The topological polar surface area (TPSA) is 53.7 Å². The van der Waals surface area contributed by atoms with E-state index in [1.54, 1.807) is 7.11 Å². The lowest BCUT2D eigenvalue weighted by Crippen LogP contribution is -2.26. The average molecular weight is 286 g/mol. The van der Waals surface area contributed by atoms with Crippen LogP contribution in [0.5, 0.6) is 11.5 Å². The second-order valence-electron chi connectivity index (χ2n) is 4.58. The van der Waals surface area contributed by atoms with Crippen LogP contribution in [0.25, 0.3) is 0 Å². The van der Waals surface area contributed by atoms with Gasteiger partial charge in [0.15, 0.2) is 11.5 Å². The molecule has 0 radical (unpaired) electrons. The van der Waals surface area contributed by atoms with Crippen molar-refractivity contribution in [2.75, 3.05) is 26.9 Å². The highest BCUT2D eigenvalue weighted by Crippen LogP contribution is 2.38. The summed E-state index contributed by atoms with van der Waals surface area (Å²) in [6.45, 7) is 2.05. The van der Waals surface area contributed by atoms with Crippen LogP contribution in [0.3, 0.4) is 0 Å². The van der Waals surface area contributed by atoms with E-state index in [4.69, 9.17) is 31.5 Å². The van der Waals surface area contributed by atoms with Gasteiger partial charge in [-0.1, -0.05) is 11.6 Å². The number of methoxy groups -OCH3 is 1. The Bertz CT molecular complexity index is 419. The molecule has 1 aromatic carbocycles. The van der Waals surface area contributed by atoms with Gasteiger partial charge in [0.25, 0.3) is 0 Å². The maximum absolute atomic E-state index is 6.29. The van der Waals surface area contributed by atoms with Crippen LogP contribution < -0.4 is 15.2 Å². The first kappa shape index (κ1) is 14.4. The van der Waals surface area contributed by atoms with Crippen molar-refractivity contribution < 1.29 is 14.2 Å². The third-order valence-electron chi connectivity index (χ3n) is 3.18. The molecule has 0 bridgehead atoms. The number of hydrogen-bond acceptors (Lipinski definition) is 4. The highest BCUT2D eigenvalue weighted by molar-refractivity contribution is 6.32. The lowest BCUT2D eigenvalue weighted by atomic mass is 10.1.